The number of aromatic carboxylic acids is 1. The van der Waals surface area contributed by atoms with Crippen LogP contribution < -0.4 is 5.56 Å². The molecule has 2 aromatic rings. The first-order valence-corrected chi connectivity index (χ1v) is 6.01. The van der Waals surface area contributed by atoms with Crippen molar-refractivity contribution in [1.29, 1.82) is 0 Å². The number of benzene rings is 1. The molecule has 1 unspecified atom stereocenters. The average molecular weight is 257 g/mol. The SMILES string of the molecule is Cc1ccc(C(C)n2cccc(C(=O)O)c2=O)cc1. The van der Waals surface area contributed by atoms with Gasteiger partial charge in [0.05, 0.1) is 6.04 Å². The first-order valence-electron chi connectivity index (χ1n) is 6.01. The molecular formula is C15H15NO3. The standard InChI is InChI=1S/C15H15NO3/c1-10-5-7-12(8-6-10)11(2)16-9-3-4-13(14(16)17)15(18)19/h3-9,11H,1-2H3,(H,18,19). The molecule has 4 heteroatoms. The Morgan fingerprint density at radius 3 is 2.42 bits per heavy atom. The van der Waals surface area contributed by atoms with Gasteiger partial charge in [-0.25, -0.2) is 4.79 Å². The predicted molar refractivity (Wildman–Crippen MR) is 72.7 cm³/mol. The van der Waals surface area contributed by atoms with E-state index < -0.39 is 11.5 Å². The molecule has 1 aromatic heterocycles. The lowest BCUT2D eigenvalue weighted by Gasteiger charge is -2.16. The molecule has 0 aliphatic carbocycles. The number of aromatic nitrogens is 1. The highest BCUT2D eigenvalue weighted by Crippen LogP contribution is 2.16. The summed E-state index contributed by atoms with van der Waals surface area (Å²) in [6, 6.07) is 10.5. The summed E-state index contributed by atoms with van der Waals surface area (Å²) < 4.78 is 1.44. The van der Waals surface area contributed by atoms with E-state index in [0.29, 0.717) is 0 Å². The monoisotopic (exact) mass is 257 g/mol. The lowest BCUT2D eigenvalue weighted by atomic mass is 10.1. The van der Waals surface area contributed by atoms with Crippen LogP contribution in [0.15, 0.2) is 47.4 Å². The van der Waals surface area contributed by atoms with E-state index in [4.69, 9.17) is 5.11 Å². The van der Waals surface area contributed by atoms with E-state index in [9.17, 15) is 9.59 Å². The highest BCUT2D eigenvalue weighted by atomic mass is 16.4. The number of hydrogen-bond donors (Lipinski definition) is 1. The van der Waals surface area contributed by atoms with Gasteiger partial charge in [-0.2, -0.15) is 0 Å². The normalized spacial score (nSPS) is 12.1. The Kier molecular flexibility index (Phi) is 3.51. The van der Waals surface area contributed by atoms with Crippen molar-refractivity contribution < 1.29 is 9.90 Å². The molecule has 0 saturated carbocycles. The van der Waals surface area contributed by atoms with Crippen molar-refractivity contribution in [3.8, 4) is 0 Å². The van der Waals surface area contributed by atoms with Gasteiger partial charge in [-0.1, -0.05) is 29.8 Å². The summed E-state index contributed by atoms with van der Waals surface area (Å²) in [6.45, 7) is 3.86. The molecule has 98 valence electrons. The Bertz CT molecular complexity index is 656. The Balaban J connectivity index is 2.47. The zero-order chi connectivity index (χ0) is 14.0. The van der Waals surface area contributed by atoms with Gasteiger partial charge < -0.3 is 9.67 Å². The van der Waals surface area contributed by atoms with Gasteiger partial charge in [-0.3, -0.25) is 4.79 Å². The van der Waals surface area contributed by atoms with Crippen molar-refractivity contribution in [2.75, 3.05) is 0 Å². The van der Waals surface area contributed by atoms with Crippen LogP contribution in [0.25, 0.3) is 0 Å². The van der Waals surface area contributed by atoms with Crippen LogP contribution in [0.5, 0.6) is 0 Å². The van der Waals surface area contributed by atoms with E-state index in [1.165, 1.54) is 10.6 Å². The van der Waals surface area contributed by atoms with E-state index in [-0.39, 0.29) is 11.6 Å². The molecule has 0 amide bonds. The summed E-state index contributed by atoms with van der Waals surface area (Å²) >= 11 is 0. The minimum atomic E-state index is -1.20. The Hall–Kier alpha value is -2.36. The lowest BCUT2D eigenvalue weighted by molar-refractivity contribution is 0.0694. The summed E-state index contributed by atoms with van der Waals surface area (Å²) in [5, 5.41) is 8.97. The number of carboxylic acid groups (broad SMARTS) is 1. The topological polar surface area (TPSA) is 59.3 Å². The quantitative estimate of drug-likeness (QED) is 0.918. The zero-order valence-electron chi connectivity index (χ0n) is 10.8. The van der Waals surface area contributed by atoms with Crippen LogP contribution in [-0.4, -0.2) is 15.6 Å². The summed E-state index contributed by atoms with van der Waals surface area (Å²) in [5.41, 5.74) is 1.42. The van der Waals surface area contributed by atoms with Gasteiger partial charge in [0.25, 0.3) is 5.56 Å². The van der Waals surface area contributed by atoms with E-state index in [1.54, 1.807) is 12.3 Å². The molecule has 19 heavy (non-hydrogen) atoms. The van der Waals surface area contributed by atoms with Crippen molar-refractivity contribution >= 4 is 5.97 Å². The molecule has 0 bridgehead atoms. The molecule has 0 saturated heterocycles. The minimum Gasteiger partial charge on any atom is -0.477 e. The van der Waals surface area contributed by atoms with Crippen LogP contribution in [0, 0.1) is 6.92 Å². The average Bonchev–Trinajstić information content (AvgIpc) is 2.38. The third kappa shape index (κ3) is 2.57. The molecule has 1 atom stereocenters. The largest absolute Gasteiger partial charge is 0.477 e. The fourth-order valence-electron chi connectivity index (χ4n) is 1.98. The second-order valence-corrected chi connectivity index (χ2v) is 4.53. The molecular weight excluding hydrogens is 242 g/mol. The van der Waals surface area contributed by atoms with Crippen molar-refractivity contribution in [1.82, 2.24) is 4.57 Å². The van der Waals surface area contributed by atoms with Crippen LogP contribution in [0.1, 0.15) is 34.5 Å². The molecule has 1 N–H and O–H groups in total. The molecule has 4 nitrogen and oxygen atoms in total. The number of carbonyl (C=O) groups is 1. The van der Waals surface area contributed by atoms with E-state index in [2.05, 4.69) is 0 Å². The van der Waals surface area contributed by atoms with Crippen molar-refractivity contribution in [3.63, 3.8) is 0 Å². The molecule has 0 fully saturated rings. The third-order valence-electron chi connectivity index (χ3n) is 3.18. The number of aryl methyl sites for hydroxylation is 1. The van der Waals surface area contributed by atoms with Crippen LogP contribution in [0.3, 0.4) is 0 Å². The zero-order valence-corrected chi connectivity index (χ0v) is 10.8. The maximum absolute atomic E-state index is 12.1. The van der Waals surface area contributed by atoms with Gasteiger partial charge in [0.2, 0.25) is 0 Å². The summed E-state index contributed by atoms with van der Waals surface area (Å²) in [5.74, 6) is -1.20. The second-order valence-electron chi connectivity index (χ2n) is 4.53. The number of hydrogen-bond acceptors (Lipinski definition) is 2. The minimum absolute atomic E-state index is 0.201. The van der Waals surface area contributed by atoms with Gasteiger partial charge >= 0.3 is 5.97 Å². The van der Waals surface area contributed by atoms with Gasteiger partial charge in [-0.05, 0) is 31.5 Å². The number of nitrogens with zero attached hydrogens (tertiary/aromatic N) is 1. The van der Waals surface area contributed by atoms with E-state index in [0.717, 1.165) is 11.1 Å². The van der Waals surface area contributed by atoms with Crippen molar-refractivity contribution in [2.24, 2.45) is 0 Å². The maximum atomic E-state index is 12.1. The Morgan fingerprint density at radius 1 is 1.21 bits per heavy atom. The summed E-state index contributed by atoms with van der Waals surface area (Å²) in [4.78, 5) is 23.0. The molecule has 1 heterocycles. The molecule has 0 aliphatic heterocycles. The third-order valence-corrected chi connectivity index (χ3v) is 3.18. The Labute approximate surface area is 110 Å². The first-order chi connectivity index (χ1) is 9.00. The highest BCUT2D eigenvalue weighted by molar-refractivity contribution is 5.87. The number of rotatable bonds is 3. The lowest BCUT2D eigenvalue weighted by Crippen LogP contribution is -2.28. The highest BCUT2D eigenvalue weighted by Gasteiger charge is 2.14. The fourth-order valence-corrected chi connectivity index (χ4v) is 1.98. The Morgan fingerprint density at radius 2 is 1.84 bits per heavy atom. The van der Waals surface area contributed by atoms with Gasteiger partial charge in [0, 0.05) is 6.20 Å². The van der Waals surface area contributed by atoms with Gasteiger partial charge in [-0.15, -0.1) is 0 Å². The summed E-state index contributed by atoms with van der Waals surface area (Å²) in [6.07, 6.45) is 1.61. The number of carboxylic acids is 1. The number of pyridine rings is 1. The van der Waals surface area contributed by atoms with Crippen LogP contribution >= 0.6 is 0 Å². The van der Waals surface area contributed by atoms with Gasteiger partial charge in [0.15, 0.2) is 0 Å². The predicted octanol–water partition coefficient (Wildman–Crippen LogP) is 2.46. The van der Waals surface area contributed by atoms with E-state index >= 15 is 0 Å². The molecule has 2 rings (SSSR count). The second kappa shape index (κ2) is 5.10. The van der Waals surface area contributed by atoms with Crippen LogP contribution in [0.2, 0.25) is 0 Å². The molecule has 0 aliphatic rings. The van der Waals surface area contributed by atoms with Gasteiger partial charge in [0.1, 0.15) is 5.56 Å². The van der Waals surface area contributed by atoms with E-state index in [1.807, 2.05) is 38.1 Å². The van der Waals surface area contributed by atoms with Crippen LogP contribution in [0.4, 0.5) is 0 Å². The molecule has 0 spiro atoms. The maximum Gasteiger partial charge on any atom is 0.341 e. The molecule has 0 radical (unpaired) electrons. The van der Waals surface area contributed by atoms with Crippen molar-refractivity contribution in [3.05, 3.63) is 69.6 Å². The molecule has 1 aromatic carbocycles. The first kappa shape index (κ1) is 13.1. The van der Waals surface area contributed by atoms with Crippen molar-refractivity contribution in [2.45, 2.75) is 19.9 Å². The smallest absolute Gasteiger partial charge is 0.341 e. The van der Waals surface area contributed by atoms with Crippen LogP contribution in [-0.2, 0) is 0 Å². The summed E-state index contributed by atoms with van der Waals surface area (Å²) in [7, 11) is 0. The fraction of sp³-hybridized carbons (Fsp3) is 0.200.